The number of ether oxygens (including phenoxy) is 2. The molecule has 1 amide bonds. The first kappa shape index (κ1) is 17.1. The van der Waals surface area contributed by atoms with Crippen LogP contribution in [0.25, 0.3) is 0 Å². The first-order chi connectivity index (χ1) is 10.5. The molecule has 1 aromatic heterocycles. The Balaban J connectivity index is 1.79. The zero-order valence-corrected chi connectivity index (χ0v) is 13.4. The predicted octanol–water partition coefficient (Wildman–Crippen LogP) is 2.19. The third-order valence-corrected chi connectivity index (χ3v) is 4.15. The predicted molar refractivity (Wildman–Crippen MR) is 79.7 cm³/mol. The van der Waals surface area contributed by atoms with Crippen molar-refractivity contribution in [1.29, 1.82) is 0 Å². The quantitative estimate of drug-likeness (QED) is 0.866. The topological polar surface area (TPSA) is 50.8 Å². The van der Waals surface area contributed by atoms with Crippen LogP contribution in [0.3, 0.4) is 0 Å². The standard InChI is InChI=1S/C14H20F2N2O3S/c1-9-7-18(8-10(2)20-9)5-4-17-13(19)12-11(3-6-22-12)21-14(15)16/h3,6,9-10,14H,4-5,7-8H2,1-2H3,(H,17,19)/t9-,10-/m0/s1. The lowest BCUT2D eigenvalue weighted by molar-refractivity contribution is -0.0672. The Morgan fingerprint density at radius 1 is 1.50 bits per heavy atom. The molecule has 22 heavy (non-hydrogen) atoms. The number of carbonyl (C=O) groups is 1. The van der Waals surface area contributed by atoms with E-state index in [0.717, 1.165) is 24.4 Å². The van der Waals surface area contributed by atoms with Gasteiger partial charge in [0.1, 0.15) is 10.6 Å². The molecular weight excluding hydrogens is 314 g/mol. The van der Waals surface area contributed by atoms with Crippen LogP contribution < -0.4 is 10.1 Å². The van der Waals surface area contributed by atoms with Crippen molar-refractivity contribution in [3.8, 4) is 5.75 Å². The van der Waals surface area contributed by atoms with Gasteiger partial charge in [0.15, 0.2) is 0 Å². The molecule has 5 nitrogen and oxygen atoms in total. The highest BCUT2D eigenvalue weighted by atomic mass is 32.1. The van der Waals surface area contributed by atoms with E-state index >= 15 is 0 Å². The van der Waals surface area contributed by atoms with Gasteiger partial charge in [0.25, 0.3) is 5.91 Å². The van der Waals surface area contributed by atoms with E-state index in [1.54, 1.807) is 5.38 Å². The minimum Gasteiger partial charge on any atom is -0.433 e. The fourth-order valence-corrected chi connectivity index (χ4v) is 3.27. The van der Waals surface area contributed by atoms with Crippen molar-refractivity contribution in [2.45, 2.75) is 32.7 Å². The Morgan fingerprint density at radius 3 is 2.82 bits per heavy atom. The molecule has 2 heterocycles. The number of morpholine rings is 1. The molecule has 0 aromatic carbocycles. The van der Waals surface area contributed by atoms with Crippen LogP contribution in [-0.4, -0.2) is 55.8 Å². The molecule has 1 N–H and O–H groups in total. The summed E-state index contributed by atoms with van der Waals surface area (Å²) in [5.41, 5.74) is 0. The number of amides is 1. The van der Waals surface area contributed by atoms with Gasteiger partial charge in [-0.15, -0.1) is 11.3 Å². The van der Waals surface area contributed by atoms with Gasteiger partial charge in [-0.2, -0.15) is 8.78 Å². The molecule has 8 heteroatoms. The van der Waals surface area contributed by atoms with E-state index in [4.69, 9.17) is 4.74 Å². The molecule has 0 bridgehead atoms. The summed E-state index contributed by atoms with van der Waals surface area (Å²) in [6.07, 6.45) is 0.339. The van der Waals surface area contributed by atoms with Gasteiger partial charge in [-0.1, -0.05) is 0 Å². The lowest BCUT2D eigenvalue weighted by atomic mass is 10.2. The lowest BCUT2D eigenvalue weighted by Gasteiger charge is -2.35. The zero-order chi connectivity index (χ0) is 16.1. The van der Waals surface area contributed by atoms with Gasteiger partial charge < -0.3 is 14.8 Å². The van der Waals surface area contributed by atoms with Crippen molar-refractivity contribution in [2.75, 3.05) is 26.2 Å². The van der Waals surface area contributed by atoms with Crippen LogP contribution in [0, 0.1) is 0 Å². The number of hydrogen-bond donors (Lipinski definition) is 1. The van der Waals surface area contributed by atoms with Crippen molar-refractivity contribution >= 4 is 17.2 Å². The van der Waals surface area contributed by atoms with Gasteiger partial charge in [-0.3, -0.25) is 9.69 Å². The van der Waals surface area contributed by atoms with E-state index in [0.29, 0.717) is 13.1 Å². The molecule has 1 aliphatic heterocycles. The van der Waals surface area contributed by atoms with Crippen LogP contribution in [0.2, 0.25) is 0 Å². The Bertz CT molecular complexity index is 488. The van der Waals surface area contributed by atoms with Gasteiger partial charge in [-0.05, 0) is 25.3 Å². The summed E-state index contributed by atoms with van der Waals surface area (Å²) in [5.74, 6) is -0.467. The van der Waals surface area contributed by atoms with E-state index in [1.165, 1.54) is 6.07 Å². The summed E-state index contributed by atoms with van der Waals surface area (Å²) in [6, 6.07) is 1.37. The van der Waals surface area contributed by atoms with E-state index in [9.17, 15) is 13.6 Å². The van der Waals surface area contributed by atoms with Crippen molar-refractivity contribution in [2.24, 2.45) is 0 Å². The summed E-state index contributed by atoms with van der Waals surface area (Å²) >= 11 is 1.08. The Labute approximate surface area is 132 Å². The average molecular weight is 334 g/mol. The highest BCUT2D eigenvalue weighted by Gasteiger charge is 2.22. The first-order valence-corrected chi connectivity index (χ1v) is 8.02. The van der Waals surface area contributed by atoms with E-state index in [2.05, 4.69) is 15.0 Å². The number of thiophene rings is 1. The molecule has 1 fully saturated rings. The number of hydrogen-bond acceptors (Lipinski definition) is 5. The molecule has 2 atom stereocenters. The van der Waals surface area contributed by atoms with Crippen LogP contribution in [0.15, 0.2) is 11.4 Å². The van der Waals surface area contributed by atoms with Crippen LogP contribution in [0.4, 0.5) is 8.78 Å². The summed E-state index contributed by atoms with van der Waals surface area (Å²) in [6.45, 7) is 3.88. The van der Waals surface area contributed by atoms with Gasteiger partial charge >= 0.3 is 6.61 Å². The second-order valence-corrected chi connectivity index (χ2v) is 6.18. The Morgan fingerprint density at radius 2 is 2.18 bits per heavy atom. The van der Waals surface area contributed by atoms with Crippen molar-refractivity contribution in [3.05, 3.63) is 16.3 Å². The largest absolute Gasteiger partial charge is 0.433 e. The minimum absolute atomic E-state index is 0.0777. The maximum Gasteiger partial charge on any atom is 0.387 e. The lowest BCUT2D eigenvalue weighted by Crippen LogP contribution is -2.47. The average Bonchev–Trinajstić information content (AvgIpc) is 2.84. The molecule has 2 rings (SSSR count). The van der Waals surface area contributed by atoms with Crippen molar-refractivity contribution in [3.63, 3.8) is 0 Å². The van der Waals surface area contributed by atoms with Crippen molar-refractivity contribution in [1.82, 2.24) is 10.2 Å². The second kappa shape index (κ2) is 7.85. The van der Waals surface area contributed by atoms with Crippen LogP contribution >= 0.6 is 11.3 Å². The Hall–Kier alpha value is -1.25. The third kappa shape index (κ3) is 4.89. The first-order valence-electron chi connectivity index (χ1n) is 7.14. The fourth-order valence-electron chi connectivity index (χ4n) is 2.53. The van der Waals surface area contributed by atoms with Gasteiger partial charge in [-0.25, -0.2) is 0 Å². The van der Waals surface area contributed by atoms with E-state index < -0.39 is 6.61 Å². The molecule has 0 unspecified atom stereocenters. The molecular formula is C14H20F2N2O3S. The van der Waals surface area contributed by atoms with Gasteiger partial charge in [0.2, 0.25) is 0 Å². The number of nitrogens with zero attached hydrogens (tertiary/aromatic N) is 1. The summed E-state index contributed by atoms with van der Waals surface area (Å²) in [7, 11) is 0. The molecule has 0 saturated carbocycles. The molecule has 0 spiro atoms. The van der Waals surface area contributed by atoms with Crippen molar-refractivity contribution < 1.29 is 23.0 Å². The molecule has 124 valence electrons. The van der Waals surface area contributed by atoms with Gasteiger partial charge in [0.05, 0.1) is 12.2 Å². The smallest absolute Gasteiger partial charge is 0.387 e. The summed E-state index contributed by atoms with van der Waals surface area (Å²) < 4.78 is 34.4. The number of alkyl halides is 2. The summed E-state index contributed by atoms with van der Waals surface area (Å²) in [4.78, 5) is 14.4. The minimum atomic E-state index is -2.93. The zero-order valence-electron chi connectivity index (χ0n) is 12.6. The number of rotatable bonds is 6. The number of halogens is 2. The Kier molecular flexibility index (Phi) is 6.10. The SMILES string of the molecule is C[C@H]1CN(CCNC(=O)c2sccc2OC(F)F)C[C@H](C)O1. The second-order valence-electron chi connectivity index (χ2n) is 5.27. The maximum absolute atomic E-state index is 12.2. The molecule has 0 aliphatic carbocycles. The maximum atomic E-state index is 12.2. The summed E-state index contributed by atoms with van der Waals surface area (Å²) in [5, 5.41) is 4.29. The van der Waals surface area contributed by atoms with E-state index in [1.807, 2.05) is 13.8 Å². The normalized spacial score (nSPS) is 22.8. The van der Waals surface area contributed by atoms with Crippen LogP contribution in [0.5, 0.6) is 5.75 Å². The fraction of sp³-hybridized carbons (Fsp3) is 0.643. The van der Waals surface area contributed by atoms with Crippen LogP contribution in [-0.2, 0) is 4.74 Å². The van der Waals surface area contributed by atoms with Gasteiger partial charge in [0, 0.05) is 26.2 Å². The highest BCUT2D eigenvalue weighted by molar-refractivity contribution is 7.12. The molecule has 1 aliphatic rings. The molecule has 1 aromatic rings. The number of carbonyl (C=O) groups excluding carboxylic acids is 1. The highest BCUT2D eigenvalue weighted by Crippen LogP contribution is 2.26. The molecule has 0 radical (unpaired) electrons. The van der Waals surface area contributed by atoms with E-state index in [-0.39, 0.29) is 28.7 Å². The number of nitrogens with one attached hydrogen (secondary N) is 1. The monoisotopic (exact) mass is 334 g/mol. The van der Waals surface area contributed by atoms with Crippen LogP contribution in [0.1, 0.15) is 23.5 Å². The third-order valence-electron chi connectivity index (χ3n) is 3.26. The molecule has 1 saturated heterocycles.